The van der Waals surface area contributed by atoms with Crippen LogP contribution in [0.3, 0.4) is 0 Å². The molecule has 0 saturated carbocycles. The SMILES string of the molecule is O=C(Nc1ccccc1Cl)[C@@H]1CCCN(S(=O)(=O)Cc2ccc(F)cc2)C1. The number of carbonyl (C=O) groups is 1. The van der Waals surface area contributed by atoms with Crippen molar-refractivity contribution in [3.05, 3.63) is 64.9 Å². The number of rotatable bonds is 5. The number of hydrogen-bond donors (Lipinski definition) is 1. The molecule has 1 saturated heterocycles. The average Bonchev–Trinajstić information content (AvgIpc) is 2.65. The van der Waals surface area contributed by atoms with Crippen LogP contribution in [0.2, 0.25) is 5.02 Å². The molecule has 1 aliphatic rings. The van der Waals surface area contributed by atoms with Crippen LogP contribution in [0.25, 0.3) is 0 Å². The maximum Gasteiger partial charge on any atom is 0.228 e. The predicted molar refractivity (Wildman–Crippen MR) is 103 cm³/mol. The second-order valence-electron chi connectivity index (χ2n) is 6.55. The van der Waals surface area contributed by atoms with Crippen molar-refractivity contribution in [1.29, 1.82) is 0 Å². The minimum Gasteiger partial charge on any atom is -0.324 e. The highest BCUT2D eigenvalue weighted by atomic mass is 35.5. The minimum absolute atomic E-state index is 0.125. The zero-order valence-electron chi connectivity index (χ0n) is 14.6. The number of sulfonamides is 1. The summed E-state index contributed by atoms with van der Waals surface area (Å²) < 4.78 is 39.8. The number of carbonyl (C=O) groups excluding carboxylic acids is 1. The van der Waals surface area contributed by atoms with Crippen LogP contribution < -0.4 is 5.32 Å². The zero-order chi connectivity index (χ0) is 19.4. The summed E-state index contributed by atoms with van der Waals surface area (Å²) in [6, 6.07) is 12.3. The number of nitrogens with one attached hydrogen (secondary N) is 1. The molecule has 5 nitrogen and oxygen atoms in total. The van der Waals surface area contributed by atoms with E-state index in [4.69, 9.17) is 11.6 Å². The third-order valence-electron chi connectivity index (χ3n) is 4.54. The van der Waals surface area contributed by atoms with Gasteiger partial charge >= 0.3 is 0 Å². The van der Waals surface area contributed by atoms with Crippen LogP contribution in [0.4, 0.5) is 10.1 Å². The van der Waals surface area contributed by atoms with Crippen molar-refractivity contribution in [3.8, 4) is 0 Å². The Morgan fingerprint density at radius 2 is 1.89 bits per heavy atom. The lowest BCUT2D eigenvalue weighted by atomic mass is 9.99. The largest absolute Gasteiger partial charge is 0.324 e. The average molecular weight is 411 g/mol. The van der Waals surface area contributed by atoms with E-state index in [1.807, 2.05) is 0 Å². The summed E-state index contributed by atoms with van der Waals surface area (Å²) in [4.78, 5) is 12.6. The van der Waals surface area contributed by atoms with Gasteiger partial charge in [-0.2, -0.15) is 0 Å². The topological polar surface area (TPSA) is 66.5 Å². The van der Waals surface area contributed by atoms with Gasteiger partial charge in [0, 0.05) is 13.1 Å². The summed E-state index contributed by atoms with van der Waals surface area (Å²) >= 11 is 6.06. The highest BCUT2D eigenvalue weighted by Gasteiger charge is 2.32. The second kappa shape index (κ2) is 8.37. The Morgan fingerprint density at radius 3 is 2.59 bits per heavy atom. The maximum atomic E-state index is 13.0. The van der Waals surface area contributed by atoms with E-state index in [0.29, 0.717) is 35.7 Å². The molecule has 27 heavy (non-hydrogen) atoms. The first-order valence-electron chi connectivity index (χ1n) is 8.63. The maximum absolute atomic E-state index is 13.0. The summed E-state index contributed by atoms with van der Waals surface area (Å²) in [6.45, 7) is 0.499. The van der Waals surface area contributed by atoms with Gasteiger partial charge in [-0.1, -0.05) is 35.9 Å². The molecule has 1 N–H and O–H groups in total. The van der Waals surface area contributed by atoms with Crippen LogP contribution in [-0.4, -0.2) is 31.7 Å². The van der Waals surface area contributed by atoms with Crippen LogP contribution >= 0.6 is 11.6 Å². The van der Waals surface area contributed by atoms with Crippen molar-refractivity contribution in [2.24, 2.45) is 5.92 Å². The highest BCUT2D eigenvalue weighted by molar-refractivity contribution is 7.88. The molecule has 1 atom stereocenters. The van der Waals surface area contributed by atoms with Crippen LogP contribution in [-0.2, 0) is 20.6 Å². The van der Waals surface area contributed by atoms with Gasteiger partial charge in [0.05, 0.1) is 22.4 Å². The first-order chi connectivity index (χ1) is 12.8. The quantitative estimate of drug-likeness (QED) is 0.818. The smallest absolute Gasteiger partial charge is 0.228 e. The molecular weight excluding hydrogens is 391 g/mol. The van der Waals surface area contributed by atoms with Gasteiger partial charge in [0.1, 0.15) is 5.82 Å². The lowest BCUT2D eigenvalue weighted by molar-refractivity contribution is -0.120. The number of benzene rings is 2. The third kappa shape index (κ3) is 5.06. The number of anilines is 1. The molecule has 1 heterocycles. The van der Waals surface area contributed by atoms with Gasteiger partial charge in [-0.25, -0.2) is 17.1 Å². The molecule has 3 rings (SSSR count). The number of piperidine rings is 1. The Hall–Kier alpha value is -1.96. The standard InChI is InChI=1S/C19H20ClFN2O3S/c20-17-5-1-2-6-18(17)22-19(24)15-4-3-11-23(12-15)27(25,26)13-14-7-9-16(21)10-8-14/h1-2,5-10,15H,3-4,11-13H2,(H,22,24)/t15-/m1/s1. The van der Waals surface area contributed by atoms with Crippen molar-refractivity contribution in [1.82, 2.24) is 4.31 Å². The van der Waals surface area contributed by atoms with Crippen LogP contribution in [0.5, 0.6) is 0 Å². The van der Waals surface area contributed by atoms with E-state index in [9.17, 15) is 17.6 Å². The fraction of sp³-hybridized carbons (Fsp3) is 0.316. The summed E-state index contributed by atoms with van der Waals surface area (Å²) in [7, 11) is -3.59. The van der Waals surface area contributed by atoms with Crippen molar-refractivity contribution >= 4 is 33.2 Å². The van der Waals surface area contributed by atoms with E-state index in [1.54, 1.807) is 24.3 Å². The summed E-state index contributed by atoms with van der Waals surface area (Å²) in [5.41, 5.74) is 1.02. The molecule has 144 valence electrons. The Morgan fingerprint density at radius 1 is 1.19 bits per heavy atom. The Bertz CT molecular complexity index is 919. The summed E-state index contributed by atoms with van der Waals surface area (Å²) in [5, 5.41) is 3.21. The van der Waals surface area contributed by atoms with E-state index < -0.39 is 21.8 Å². The predicted octanol–water partition coefficient (Wildman–Crippen LogP) is 3.66. The van der Waals surface area contributed by atoms with Gasteiger partial charge in [-0.05, 0) is 42.7 Å². The molecule has 1 aliphatic heterocycles. The number of hydrogen-bond acceptors (Lipinski definition) is 3. The van der Waals surface area contributed by atoms with Gasteiger partial charge in [-0.15, -0.1) is 0 Å². The highest BCUT2D eigenvalue weighted by Crippen LogP contribution is 2.25. The van der Waals surface area contributed by atoms with Gasteiger partial charge in [0.2, 0.25) is 15.9 Å². The second-order valence-corrected chi connectivity index (χ2v) is 8.93. The molecular formula is C19H20ClFN2O3S. The molecule has 2 aromatic rings. The molecule has 0 aliphatic carbocycles. The van der Waals surface area contributed by atoms with Crippen LogP contribution in [0, 0.1) is 11.7 Å². The third-order valence-corrected chi connectivity index (χ3v) is 6.69. The lowest BCUT2D eigenvalue weighted by Gasteiger charge is -2.31. The van der Waals surface area contributed by atoms with E-state index >= 15 is 0 Å². The number of nitrogens with zero attached hydrogens (tertiary/aromatic N) is 1. The summed E-state index contributed by atoms with van der Waals surface area (Å²) in [6.07, 6.45) is 1.21. The molecule has 0 unspecified atom stereocenters. The number of para-hydroxylation sites is 1. The van der Waals surface area contributed by atoms with E-state index in [1.165, 1.54) is 28.6 Å². The van der Waals surface area contributed by atoms with Crippen molar-refractivity contribution in [2.45, 2.75) is 18.6 Å². The van der Waals surface area contributed by atoms with Gasteiger partial charge in [0.25, 0.3) is 0 Å². The molecule has 0 aromatic heterocycles. The first-order valence-corrected chi connectivity index (χ1v) is 10.6. The molecule has 1 fully saturated rings. The minimum atomic E-state index is -3.59. The Labute approximate surface area is 163 Å². The van der Waals surface area contributed by atoms with Gasteiger partial charge in [-0.3, -0.25) is 4.79 Å². The molecule has 2 aromatic carbocycles. The fourth-order valence-corrected chi connectivity index (χ4v) is 4.88. The van der Waals surface area contributed by atoms with E-state index in [0.717, 1.165) is 0 Å². The van der Waals surface area contributed by atoms with Crippen molar-refractivity contribution < 1.29 is 17.6 Å². The Balaban J connectivity index is 1.66. The first kappa shape index (κ1) is 19.8. The van der Waals surface area contributed by atoms with E-state index in [-0.39, 0.29) is 18.2 Å². The van der Waals surface area contributed by atoms with Gasteiger partial charge < -0.3 is 5.32 Å². The monoisotopic (exact) mass is 410 g/mol. The van der Waals surface area contributed by atoms with Crippen LogP contribution in [0.1, 0.15) is 18.4 Å². The lowest BCUT2D eigenvalue weighted by Crippen LogP contribution is -2.44. The summed E-state index contributed by atoms with van der Waals surface area (Å²) in [5.74, 6) is -1.32. The number of amides is 1. The number of halogens is 2. The van der Waals surface area contributed by atoms with Crippen molar-refractivity contribution in [2.75, 3.05) is 18.4 Å². The molecule has 0 radical (unpaired) electrons. The van der Waals surface area contributed by atoms with E-state index in [2.05, 4.69) is 5.32 Å². The Kier molecular flexibility index (Phi) is 6.14. The molecule has 8 heteroatoms. The molecule has 0 spiro atoms. The normalized spacial score (nSPS) is 18.2. The van der Waals surface area contributed by atoms with Crippen LogP contribution in [0.15, 0.2) is 48.5 Å². The van der Waals surface area contributed by atoms with Crippen molar-refractivity contribution in [3.63, 3.8) is 0 Å². The van der Waals surface area contributed by atoms with Gasteiger partial charge in [0.15, 0.2) is 0 Å². The zero-order valence-corrected chi connectivity index (χ0v) is 16.1. The molecule has 1 amide bonds. The fourth-order valence-electron chi connectivity index (χ4n) is 3.09. The molecule has 0 bridgehead atoms.